The van der Waals surface area contributed by atoms with E-state index in [1.54, 1.807) is 0 Å². The van der Waals surface area contributed by atoms with Gasteiger partial charge in [-0.25, -0.2) is 0 Å². The number of halogens is 1. The maximum atomic E-state index is 12.9. The van der Waals surface area contributed by atoms with E-state index in [9.17, 15) is 4.79 Å². The lowest BCUT2D eigenvalue weighted by atomic mass is 9.73. The quantitative estimate of drug-likeness (QED) is 0.824. The summed E-state index contributed by atoms with van der Waals surface area (Å²) in [7, 11) is 0. The number of benzene rings is 2. The van der Waals surface area contributed by atoms with Crippen LogP contribution in [0.25, 0.3) is 0 Å². The summed E-state index contributed by atoms with van der Waals surface area (Å²) in [6.07, 6.45) is 0.467. The summed E-state index contributed by atoms with van der Waals surface area (Å²) in [6.45, 7) is 4.90. The Labute approximate surface area is 154 Å². The molecule has 0 bridgehead atoms. The first kappa shape index (κ1) is 18.0. The molecule has 0 saturated carbocycles. The zero-order valence-corrected chi connectivity index (χ0v) is 15.4. The Hall–Kier alpha value is -1.84. The lowest BCUT2D eigenvalue weighted by Crippen LogP contribution is -2.45. The molecule has 4 heteroatoms. The molecule has 0 radical (unpaired) electrons. The van der Waals surface area contributed by atoms with Gasteiger partial charge in [-0.15, -0.1) is 0 Å². The summed E-state index contributed by atoms with van der Waals surface area (Å²) in [5.74, 6) is 0.673. The Morgan fingerprint density at radius 3 is 2.44 bits per heavy atom. The lowest BCUT2D eigenvalue weighted by Gasteiger charge is -2.40. The van der Waals surface area contributed by atoms with Gasteiger partial charge in [0.15, 0.2) is 0 Å². The monoisotopic (exact) mass is 357 g/mol. The fraction of sp³-hybridized carbons (Fsp3) is 0.381. The number of anilines is 1. The van der Waals surface area contributed by atoms with Gasteiger partial charge in [-0.05, 0) is 48.1 Å². The Balaban J connectivity index is 1.82. The van der Waals surface area contributed by atoms with Crippen molar-refractivity contribution in [3.63, 3.8) is 0 Å². The third-order valence-corrected chi connectivity index (χ3v) is 5.16. The van der Waals surface area contributed by atoms with Crippen LogP contribution in [0.3, 0.4) is 0 Å². The third-order valence-electron chi connectivity index (χ3n) is 4.91. The molecule has 2 aromatic carbocycles. The first-order valence-corrected chi connectivity index (χ1v) is 9.17. The van der Waals surface area contributed by atoms with Crippen molar-refractivity contribution in [1.82, 2.24) is 0 Å². The molecule has 1 saturated heterocycles. The van der Waals surface area contributed by atoms with Gasteiger partial charge in [-0.1, -0.05) is 55.8 Å². The van der Waals surface area contributed by atoms with Gasteiger partial charge >= 0.3 is 0 Å². The maximum Gasteiger partial charge on any atom is 0.253 e. The number of hydrogen-bond donors (Lipinski definition) is 1. The zero-order chi connectivity index (χ0) is 17.8. The van der Waals surface area contributed by atoms with Gasteiger partial charge in [-0.3, -0.25) is 4.79 Å². The Bertz CT molecular complexity index is 700. The van der Waals surface area contributed by atoms with Gasteiger partial charge in [0, 0.05) is 23.2 Å². The molecule has 3 nitrogen and oxygen atoms in total. The van der Waals surface area contributed by atoms with E-state index in [0.717, 1.165) is 17.1 Å². The molecular formula is C21H24ClNO2. The maximum absolute atomic E-state index is 12.9. The number of carbonyl (C=O) groups excluding carboxylic acids is 1. The van der Waals surface area contributed by atoms with Crippen LogP contribution in [0, 0.1) is 11.8 Å². The van der Waals surface area contributed by atoms with Crippen LogP contribution >= 0.6 is 11.6 Å². The van der Waals surface area contributed by atoms with Crippen molar-refractivity contribution >= 4 is 23.2 Å². The largest absolute Gasteiger partial charge is 0.368 e. The smallest absolute Gasteiger partial charge is 0.253 e. The highest BCUT2D eigenvalue weighted by Crippen LogP contribution is 2.40. The van der Waals surface area contributed by atoms with Crippen LogP contribution in [-0.4, -0.2) is 18.6 Å². The molecule has 1 aliphatic rings. The van der Waals surface area contributed by atoms with Crippen LogP contribution in [0.2, 0.25) is 5.02 Å². The molecule has 0 aliphatic carbocycles. The fourth-order valence-electron chi connectivity index (χ4n) is 3.73. The van der Waals surface area contributed by atoms with Crippen molar-refractivity contribution in [2.75, 3.05) is 11.9 Å². The number of hydrogen-bond acceptors (Lipinski definition) is 2. The Morgan fingerprint density at radius 1 is 1.12 bits per heavy atom. The summed E-state index contributed by atoms with van der Waals surface area (Å²) in [4.78, 5) is 12.9. The van der Waals surface area contributed by atoms with E-state index in [-0.39, 0.29) is 17.7 Å². The molecule has 2 aromatic rings. The summed E-state index contributed by atoms with van der Waals surface area (Å²) in [6, 6.07) is 17.5. The van der Waals surface area contributed by atoms with Crippen LogP contribution in [-0.2, 0) is 9.53 Å². The van der Waals surface area contributed by atoms with Gasteiger partial charge in [0.2, 0.25) is 0 Å². The number of para-hydroxylation sites is 1. The van der Waals surface area contributed by atoms with Gasteiger partial charge in [0.25, 0.3) is 5.91 Å². The van der Waals surface area contributed by atoms with Crippen molar-refractivity contribution in [3.8, 4) is 0 Å². The summed E-state index contributed by atoms with van der Waals surface area (Å²) >= 11 is 6.03. The fourth-order valence-corrected chi connectivity index (χ4v) is 3.86. The second-order valence-electron chi connectivity index (χ2n) is 6.91. The molecule has 0 unspecified atom stereocenters. The zero-order valence-electron chi connectivity index (χ0n) is 14.6. The standard InChI is InChI=1S/C21H24ClNO2/c1-14(2)19-18(15-8-10-16(22)11-9-15)12-13-25-20(19)21(24)23-17-6-4-3-5-7-17/h3-11,14,18-20H,12-13H2,1-2H3,(H,23,24)/t18-,19-,20+/m0/s1. The highest BCUT2D eigenvalue weighted by Gasteiger charge is 2.40. The summed E-state index contributed by atoms with van der Waals surface area (Å²) in [5, 5.41) is 3.72. The molecule has 1 fully saturated rings. The first-order chi connectivity index (χ1) is 12.1. The van der Waals surface area contributed by atoms with Crippen LogP contribution in [0.4, 0.5) is 5.69 Å². The Kier molecular flexibility index (Phi) is 5.77. The van der Waals surface area contributed by atoms with E-state index in [1.165, 1.54) is 5.56 Å². The average Bonchev–Trinajstić information content (AvgIpc) is 2.62. The van der Waals surface area contributed by atoms with Gasteiger partial charge < -0.3 is 10.1 Å². The number of rotatable bonds is 4. The molecule has 1 amide bonds. The van der Waals surface area contributed by atoms with Crippen molar-refractivity contribution in [3.05, 3.63) is 65.2 Å². The molecule has 0 spiro atoms. The molecule has 132 valence electrons. The predicted molar refractivity (Wildman–Crippen MR) is 102 cm³/mol. The van der Waals surface area contributed by atoms with E-state index >= 15 is 0 Å². The highest BCUT2D eigenvalue weighted by molar-refractivity contribution is 6.30. The molecule has 1 aliphatic heterocycles. The van der Waals surface area contributed by atoms with Gasteiger partial charge in [-0.2, -0.15) is 0 Å². The molecular weight excluding hydrogens is 334 g/mol. The van der Waals surface area contributed by atoms with Crippen LogP contribution < -0.4 is 5.32 Å². The predicted octanol–water partition coefficient (Wildman–Crippen LogP) is 5.12. The highest BCUT2D eigenvalue weighted by atomic mass is 35.5. The SMILES string of the molecule is CC(C)[C@@H]1[C@H](C(=O)Nc2ccccc2)OCC[C@H]1c1ccc(Cl)cc1. The molecule has 1 heterocycles. The topological polar surface area (TPSA) is 38.3 Å². The van der Waals surface area contributed by atoms with Crippen molar-refractivity contribution in [2.45, 2.75) is 32.3 Å². The second-order valence-corrected chi connectivity index (χ2v) is 7.35. The van der Waals surface area contributed by atoms with Crippen molar-refractivity contribution in [1.29, 1.82) is 0 Å². The van der Waals surface area contributed by atoms with E-state index in [1.807, 2.05) is 42.5 Å². The minimum absolute atomic E-state index is 0.0661. The van der Waals surface area contributed by atoms with Crippen LogP contribution in [0.1, 0.15) is 31.7 Å². The normalized spacial score (nSPS) is 23.4. The summed E-state index contributed by atoms with van der Waals surface area (Å²) < 4.78 is 5.92. The lowest BCUT2D eigenvalue weighted by molar-refractivity contribution is -0.138. The number of amides is 1. The minimum Gasteiger partial charge on any atom is -0.368 e. The van der Waals surface area contributed by atoms with E-state index < -0.39 is 6.10 Å². The molecule has 1 N–H and O–H groups in total. The number of carbonyl (C=O) groups is 1. The second kappa shape index (κ2) is 8.03. The molecule has 0 aromatic heterocycles. The van der Waals surface area contributed by atoms with E-state index in [4.69, 9.17) is 16.3 Å². The van der Waals surface area contributed by atoms with Gasteiger partial charge in [0.1, 0.15) is 6.10 Å². The average molecular weight is 358 g/mol. The van der Waals surface area contributed by atoms with E-state index in [2.05, 4.69) is 31.3 Å². The number of nitrogens with one attached hydrogen (secondary N) is 1. The first-order valence-electron chi connectivity index (χ1n) is 8.79. The minimum atomic E-state index is -0.449. The van der Waals surface area contributed by atoms with Crippen LogP contribution in [0.15, 0.2) is 54.6 Å². The Morgan fingerprint density at radius 2 is 1.80 bits per heavy atom. The third kappa shape index (κ3) is 4.23. The summed E-state index contributed by atoms with van der Waals surface area (Å²) in [5.41, 5.74) is 2.02. The molecule has 25 heavy (non-hydrogen) atoms. The van der Waals surface area contributed by atoms with E-state index in [0.29, 0.717) is 12.5 Å². The van der Waals surface area contributed by atoms with Gasteiger partial charge in [0.05, 0.1) is 0 Å². The van der Waals surface area contributed by atoms with Crippen LogP contribution in [0.5, 0.6) is 0 Å². The van der Waals surface area contributed by atoms with Crippen molar-refractivity contribution < 1.29 is 9.53 Å². The number of ether oxygens (including phenoxy) is 1. The molecule has 3 atom stereocenters. The van der Waals surface area contributed by atoms with Crippen molar-refractivity contribution in [2.24, 2.45) is 11.8 Å². The molecule has 3 rings (SSSR count).